The summed E-state index contributed by atoms with van der Waals surface area (Å²) in [6.07, 6.45) is 1.92. The lowest BCUT2D eigenvalue weighted by atomic mass is 10.2. The summed E-state index contributed by atoms with van der Waals surface area (Å²) in [6.45, 7) is 9.17. The Morgan fingerprint density at radius 3 is 2.37 bits per heavy atom. The number of H-pyrrole nitrogens is 1. The Balaban J connectivity index is 2.19. The number of aromatic nitrogens is 1. The van der Waals surface area contributed by atoms with Crippen LogP contribution in [0.5, 0.6) is 0 Å². The summed E-state index contributed by atoms with van der Waals surface area (Å²) < 4.78 is 0. The predicted molar refractivity (Wildman–Crippen MR) is 82.1 cm³/mol. The van der Waals surface area contributed by atoms with E-state index in [-0.39, 0.29) is 0 Å². The van der Waals surface area contributed by atoms with Gasteiger partial charge in [0.05, 0.1) is 11.9 Å². The summed E-state index contributed by atoms with van der Waals surface area (Å²) in [5.41, 5.74) is 5.84. The molecule has 2 rings (SSSR count). The van der Waals surface area contributed by atoms with E-state index in [0.29, 0.717) is 0 Å². The monoisotopic (exact) mass is 255 g/mol. The fraction of sp³-hybridized carbons (Fsp3) is 0.312. The molecule has 3 heteroatoms. The highest BCUT2D eigenvalue weighted by atomic mass is 15.4. The molecule has 3 nitrogen and oxygen atoms in total. The van der Waals surface area contributed by atoms with Gasteiger partial charge in [0.25, 0.3) is 0 Å². The molecule has 0 saturated heterocycles. The first-order chi connectivity index (χ1) is 9.10. The summed E-state index contributed by atoms with van der Waals surface area (Å²) >= 11 is 0. The van der Waals surface area contributed by atoms with Crippen molar-refractivity contribution < 1.29 is 0 Å². The van der Waals surface area contributed by atoms with Crippen LogP contribution in [-0.2, 0) is 0 Å². The lowest BCUT2D eigenvalue weighted by molar-refractivity contribution is 0.897. The zero-order chi connectivity index (χ0) is 13.8. The molecule has 0 radical (unpaired) electrons. The van der Waals surface area contributed by atoms with Crippen LogP contribution >= 0.6 is 0 Å². The molecule has 1 aromatic carbocycles. The molecular formula is C16H21N3. The molecule has 2 aromatic rings. The van der Waals surface area contributed by atoms with E-state index in [4.69, 9.17) is 0 Å². The fourth-order valence-corrected chi connectivity index (χ4v) is 2.06. The maximum Gasteiger partial charge on any atom is 0.0593 e. The highest BCUT2D eigenvalue weighted by Gasteiger charge is 2.03. The maximum atomic E-state index is 4.57. The quantitative estimate of drug-likeness (QED) is 0.654. The van der Waals surface area contributed by atoms with Crippen LogP contribution in [0.4, 0.5) is 5.69 Å². The Labute approximate surface area is 115 Å². The first kappa shape index (κ1) is 13.4. The molecule has 0 saturated carbocycles. The minimum Gasteiger partial charge on any atom is -0.362 e. The van der Waals surface area contributed by atoms with Gasteiger partial charge in [-0.1, -0.05) is 17.7 Å². The molecule has 0 unspecified atom stereocenters. The lowest BCUT2D eigenvalue weighted by Gasteiger charge is -2.16. The average Bonchev–Trinajstić information content (AvgIpc) is 2.71. The Bertz CT molecular complexity index is 564. The van der Waals surface area contributed by atoms with Crippen LogP contribution < -0.4 is 5.01 Å². The Kier molecular flexibility index (Phi) is 4.05. The van der Waals surface area contributed by atoms with Crippen molar-refractivity contribution in [2.45, 2.75) is 27.7 Å². The lowest BCUT2D eigenvalue weighted by Crippen LogP contribution is -2.15. The van der Waals surface area contributed by atoms with Crippen molar-refractivity contribution in [3.8, 4) is 0 Å². The van der Waals surface area contributed by atoms with Gasteiger partial charge in [0.2, 0.25) is 0 Å². The van der Waals surface area contributed by atoms with Gasteiger partial charge in [-0.15, -0.1) is 0 Å². The number of nitrogens with one attached hydrogen (secondary N) is 1. The minimum absolute atomic E-state index is 0.849. The molecule has 0 fully saturated rings. The molecule has 100 valence electrons. The number of anilines is 1. The number of rotatable bonds is 4. The molecular weight excluding hydrogens is 234 g/mol. The van der Waals surface area contributed by atoms with E-state index in [1.165, 1.54) is 5.56 Å². The van der Waals surface area contributed by atoms with Crippen LogP contribution in [0.25, 0.3) is 0 Å². The number of hydrogen-bond donors (Lipinski definition) is 1. The van der Waals surface area contributed by atoms with Gasteiger partial charge in [0.1, 0.15) is 0 Å². The fourth-order valence-electron chi connectivity index (χ4n) is 2.06. The van der Waals surface area contributed by atoms with Crippen molar-refractivity contribution in [1.82, 2.24) is 4.98 Å². The molecule has 0 aliphatic carbocycles. The molecule has 19 heavy (non-hydrogen) atoms. The molecule has 0 bridgehead atoms. The predicted octanol–water partition coefficient (Wildman–Crippen LogP) is 3.80. The van der Waals surface area contributed by atoms with Gasteiger partial charge >= 0.3 is 0 Å². The summed E-state index contributed by atoms with van der Waals surface area (Å²) in [5, 5.41) is 6.58. The highest BCUT2D eigenvalue weighted by Crippen LogP contribution is 2.15. The van der Waals surface area contributed by atoms with Crippen LogP contribution in [-0.4, -0.2) is 17.7 Å². The van der Waals surface area contributed by atoms with E-state index in [2.05, 4.69) is 68.1 Å². The van der Waals surface area contributed by atoms with Crippen molar-refractivity contribution in [2.24, 2.45) is 5.10 Å². The number of hydrazone groups is 1. The Morgan fingerprint density at radius 2 is 1.84 bits per heavy atom. The number of nitrogens with zero attached hydrogens (tertiary/aromatic N) is 2. The second-order valence-electron chi connectivity index (χ2n) is 4.83. The molecule has 0 aliphatic rings. The van der Waals surface area contributed by atoms with Crippen LogP contribution in [0.15, 0.2) is 35.4 Å². The van der Waals surface area contributed by atoms with Crippen LogP contribution in [0.3, 0.4) is 0 Å². The molecule has 0 amide bonds. The number of benzene rings is 1. The molecule has 0 aliphatic heterocycles. The smallest absolute Gasteiger partial charge is 0.0593 e. The van der Waals surface area contributed by atoms with E-state index in [9.17, 15) is 0 Å². The van der Waals surface area contributed by atoms with Gasteiger partial charge in [-0.05, 0) is 45.9 Å². The molecule has 1 heterocycles. The normalized spacial score (nSPS) is 11.2. The third-order valence-corrected chi connectivity index (χ3v) is 3.16. The van der Waals surface area contributed by atoms with E-state index < -0.39 is 0 Å². The van der Waals surface area contributed by atoms with Gasteiger partial charge < -0.3 is 4.98 Å². The molecule has 0 spiro atoms. The second kappa shape index (κ2) is 5.74. The first-order valence-corrected chi connectivity index (χ1v) is 6.64. The van der Waals surface area contributed by atoms with Crippen molar-refractivity contribution in [1.29, 1.82) is 0 Å². The summed E-state index contributed by atoms with van der Waals surface area (Å²) in [5.74, 6) is 0. The highest BCUT2D eigenvalue weighted by molar-refractivity contribution is 5.82. The number of hydrogen-bond acceptors (Lipinski definition) is 2. The first-order valence-electron chi connectivity index (χ1n) is 6.64. The molecule has 1 N–H and O–H groups in total. The zero-order valence-electron chi connectivity index (χ0n) is 12.1. The van der Waals surface area contributed by atoms with E-state index in [1.54, 1.807) is 0 Å². The third-order valence-electron chi connectivity index (χ3n) is 3.16. The van der Waals surface area contributed by atoms with Gasteiger partial charge in [0.15, 0.2) is 0 Å². The summed E-state index contributed by atoms with van der Waals surface area (Å²) in [6, 6.07) is 10.5. The van der Waals surface area contributed by atoms with E-state index >= 15 is 0 Å². The molecule has 0 atom stereocenters. The van der Waals surface area contributed by atoms with Crippen LogP contribution in [0.1, 0.15) is 29.4 Å². The SMILES string of the molecule is CCN(/N=C\c1cc(C)[nH]c1C)c1ccc(C)cc1. The number of aromatic amines is 1. The Morgan fingerprint density at radius 1 is 1.16 bits per heavy atom. The standard InChI is InChI=1S/C16H21N3/c1-5-19(16-8-6-12(2)7-9-16)17-11-15-10-13(3)18-14(15)4/h6-11,18H,5H2,1-4H3/b17-11-. The third kappa shape index (κ3) is 3.25. The minimum atomic E-state index is 0.849. The summed E-state index contributed by atoms with van der Waals surface area (Å²) in [7, 11) is 0. The van der Waals surface area contributed by atoms with Gasteiger partial charge in [-0.2, -0.15) is 5.10 Å². The van der Waals surface area contributed by atoms with Crippen molar-refractivity contribution in [3.05, 3.63) is 52.8 Å². The number of aryl methyl sites for hydroxylation is 3. The average molecular weight is 255 g/mol. The second-order valence-corrected chi connectivity index (χ2v) is 4.83. The van der Waals surface area contributed by atoms with Gasteiger partial charge in [0, 0.05) is 23.5 Å². The van der Waals surface area contributed by atoms with Crippen molar-refractivity contribution in [2.75, 3.05) is 11.6 Å². The maximum absolute atomic E-state index is 4.57. The molecule has 1 aromatic heterocycles. The van der Waals surface area contributed by atoms with E-state index in [0.717, 1.165) is 29.2 Å². The topological polar surface area (TPSA) is 31.4 Å². The van der Waals surface area contributed by atoms with Crippen LogP contribution in [0.2, 0.25) is 0 Å². The van der Waals surface area contributed by atoms with Crippen molar-refractivity contribution in [3.63, 3.8) is 0 Å². The summed E-state index contributed by atoms with van der Waals surface area (Å²) in [4.78, 5) is 3.29. The Hall–Kier alpha value is -2.03. The zero-order valence-corrected chi connectivity index (χ0v) is 12.1. The van der Waals surface area contributed by atoms with E-state index in [1.807, 2.05) is 11.2 Å². The van der Waals surface area contributed by atoms with Crippen molar-refractivity contribution >= 4 is 11.9 Å². The van der Waals surface area contributed by atoms with Gasteiger partial charge in [-0.25, -0.2) is 0 Å². The largest absolute Gasteiger partial charge is 0.362 e. The van der Waals surface area contributed by atoms with Gasteiger partial charge in [-0.3, -0.25) is 5.01 Å². The van der Waals surface area contributed by atoms with Crippen LogP contribution in [0, 0.1) is 20.8 Å².